The van der Waals surface area contributed by atoms with Crippen molar-refractivity contribution in [2.45, 2.75) is 19.4 Å². The number of nitrogens with one attached hydrogen (secondary N) is 2. The maximum atomic E-state index is 13.3. The van der Waals surface area contributed by atoms with Gasteiger partial charge in [-0.2, -0.15) is 0 Å². The van der Waals surface area contributed by atoms with E-state index in [0.717, 1.165) is 25.1 Å². The minimum absolute atomic E-state index is 0.0946. The third-order valence-electron chi connectivity index (χ3n) is 3.18. The van der Waals surface area contributed by atoms with Crippen LogP contribution in [0.5, 0.6) is 0 Å². The van der Waals surface area contributed by atoms with Gasteiger partial charge in [0.15, 0.2) is 0 Å². The number of benzene rings is 1. The van der Waals surface area contributed by atoms with Crippen LogP contribution in [0.15, 0.2) is 18.2 Å². The minimum atomic E-state index is -0.827. The first kappa shape index (κ1) is 13.7. The van der Waals surface area contributed by atoms with Crippen LogP contribution in [-0.2, 0) is 4.74 Å². The van der Waals surface area contributed by atoms with E-state index in [-0.39, 0.29) is 17.7 Å². The average Bonchev–Trinajstić information content (AvgIpc) is 2.36. The maximum Gasteiger partial charge on any atom is 0.412 e. The van der Waals surface area contributed by atoms with Crippen molar-refractivity contribution in [2.24, 2.45) is 5.92 Å². The summed E-state index contributed by atoms with van der Waals surface area (Å²) in [5.41, 5.74) is -0.0946. The first-order valence-corrected chi connectivity index (χ1v) is 6.19. The second-order valence-corrected chi connectivity index (χ2v) is 4.66. The number of anilines is 1. The number of carbonyl (C=O) groups is 1. The van der Waals surface area contributed by atoms with Gasteiger partial charge in [0.1, 0.15) is 17.7 Å². The molecule has 2 unspecified atom stereocenters. The molecule has 0 bridgehead atoms. The van der Waals surface area contributed by atoms with Crippen molar-refractivity contribution < 1.29 is 18.3 Å². The van der Waals surface area contributed by atoms with E-state index in [2.05, 4.69) is 10.6 Å². The van der Waals surface area contributed by atoms with E-state index in [1.54, 1.807) is 0 Å². The molecule has 0 radical (unpaired) electrons. The second kappa shape index (κ2) is 5.97. The highest BCUT2D eigenvalue weighted by Gasteiger charge is 2.24. The van der Waals surface area contributed by atoms with Gasteiger partial charge in [0, 0.05) is 12.6 Å². The molecule has 2 N–H and O–H groups in total. The van der Waals surface area contributed by atoms with Gasteiger partial charge in [-0.25, -0.2) is 13.6 Å². The molecule has 1 aromatic rings. The number of hydrogen-bond acceptors (Lipinski definition) is 3. The smallest absolute Gasteiger partial charge is 0.412 e. The Balaban J connectivity index is 1.93. The number of rotatable bonds is 2. The molecule has 1 aliphatic heterocycles. The molecule has 6 heteroatoms. The molecule has 0 aromatic heterocycles. The van der Waals surface area contributed by atoms with Crippen molar-refractivity contribution in [2.75, 3.05) is 18.4 Å². The molecule has 1 amide bonds. The first-order chi connectivity index (χ1) is 9.06. The third-order valence-corrected chi connectivity index (χ3v) is 3.18. The lowest BCUT2D eigenvalue weighted by Crippen LogP contribution is -2.42. The van der Waals surface area contributed by atoms with E-state index in [9.17, 15) is 13.6 Å². The van der Waals surface area contributed by atoms with Crippen LogP contribution >= 0.6 is 0 Å². The minimum Gasteiger partial charge on any atom is -0.444 e. The fourth-order valence-electron chi connectivity index (χ4n) is 1.99. The van der Waals surface area contributed by atoms with Crippen LogP contribution in [0.25, 0.3) is 0 Å². The molecule has 1 fully saturated rings. The van der Waals surface area contributed by atoms with Crippen LogP contribution in [0.1, 0.15) is 13.3 Å². The summed E-state index contributed by atoms with van der Waals surface area (Å²) in [6, 6.07) is 2.94. The van der Waals surface area contributed by atoms with E-state index in [4.69, 9.17) is 4.74 Å². The summed E-state index contributed by atoms with van der Waals surface area (Å²) < 4.78 is 31.3. The van der Waals surface area contributed by atoms with Gasteiger partial charge in [-0.05, 0) is 31.0 Å². The van der Waals surface area contributed by atoms with Crippen LogP contribution in [-0.4, -0.2) is 25.3 Å². The lowest BCUT2D eigenvalue weighted by Gasteiger charge is -2.29. The fourth-order valence-corrected chi connectivity index (χ4v) is 1.99. The maximum absolute atomic E-state index is 13.3. The molecule has 4 nitrogen and oxygen atoms in total. The number of carbonyl (C=O) groups excluding carboxylic acids is 1. The molecule has 0 spiro atoms. The molecule has 1 heterocycles. The lowest BCUT2D eigenvalue weighted by molar-refractivity contribution is 0.0613. The topological polar surface area (TPSA) is 50.4 Å². The first-order valence-electron chi connectivity index (χ1n) is 6.19. The summed E-state index contributed by atoms with van der Waals surface area (Å²) in [5, 5.41) is 5.40. The average molecular weight is 270 g/mol. The zero-order valence-corrected chi connectivity index (χ0v) is 10.6. The summed E-state index contributed by atoms with van der Waals surface area (Å²) in [5.74, 6) is -1.27. The summed E-state index contributed by atoms with van der Waals surface area (Å²) in [6.45, 7) is 3.48. The van der Waals surface area contributed by atoms with E-state index in [1.165, 1.54) is 0 Å². The van der Waals surface area contributed by atoms with Crippen molar-refractivity contribution in [3.8, 4) is 0 Å². The van der Waals surface area contributed by atoms with Crippen LogP contribution in [0, 0.1) is 17.6 Å². The Morgan fingerprint density at radius 3 is 2.95 bits per heavy atom. The van der Waals surface area contributed by atoms with Crippen LogP contribution < -0.4 is 10.6 Å². The van der Waals surface area contributed by atoms with E-state index in [1.807, 2.05) is 6.92 Å². The molecule has 19 heavy (non-hydrogen) atoms. The molecule has 1 aliphatic rings. The highest BCUT2D eigenvalue weighted by molar-refractivity contribution is 5.84. The van der Waals surface area contributed by atoms with Gasteiger partial charge in [0.25, 0.3) is 0 Å². The summed E-state index contributed by atoms with van der Waals surface area (Å²) in [7, 11) is 0. The second-order valence-electron chi connectivity index (χ2n) is 4.66. The van der Waals surface area contributed by atoms with Gasteiger partial charge in [0.05, 0.1) is 5.69 Å². The number of piperidine rings is 1. The molecule has 1 saturated heterocycles. The molecule has 1 aromatic carbocycles. The van der Waals surface area contributed by atoms with E-state index >= 15 is 0 Å². The molecular formula is C13H16F2N2O2. The Labute approximate surface area is 110 Å². The summed E-state index contributed by atoms with van der Waals surface area (Å²) in [4.78, 5) is 11.6. The van der Waals surface area contributed by atoms with Gasteiger partial charge in [0.2, 0.25) is 0 Å². The quantitative estimate of drug-likeness (QED) is 0.868. The SMILES string of the molecule is CC1CCNCC1OC(=O)Nc1ccc(F)cc1F. The van der Waals surface area contributed by atoms with Gasteiger partial charge < -0.3 is 10.1 Å². The van der Waals surface area contributed by atoms with Crippen LogP contribution in [0.2, 0.25) is 0 Å². The normalized spacial score (nSPS) is 22.9. The van der Waals surface area contributed by atoms with Gasteiger partial charge in [-0.3, -0.25) is 5.32 Å². The molecule has 104 valence electrons. The van der Waals surface area contributed by atoms with E-state index < -0.39 is 17.7 Å². The lowest BCUT2D eigenvalue weighted by atomic mass is 9.97. The van der Waals surface area contributed by atoms with E-state index in [0.29, 0.717) is 12.6 Å². The van der Waals surface area contributed by atoms with Crippen molar-refractivity contribution in [1.82, 2.24) is 5.32 Å². The monoisotopic (exact) mass is 270 g/mol. The molecule has 2 rings (SSSR count). The number of amides is 1. The third kappa shape index (κ3) is 3.64. The van der Waals surface area contributed by atoms with Gasteiger partial charge in [-0.1, -0.05) is 6.92 Å². The van der Waals surface area contributed by atoms with Gasteiger partial charge >= 0.3 is 6.09 Å². The molecule has 0 aliphatic carbocycles. The number of hydrogen-bond donors (Lipinski definition) is 2. The van der Waals surface area contributed by atoms with Crippen molar-refractivity contribution in [3.05, 3.63) is 29.8 Å². The zero-order chi connectivity index (χ0) is 13.8. The van der Waals surface area contributed by atoms with Crippen molar-refractivity contribution in [1.29, 1.82) is 0 Å². The predicted octanol–water partition coefficient (Wildman–Crippen LogP) is 2.51. The van der Waals surface area contributed by atoms with Gasteiger partial charge in [-0.15, -0.1) is 0 Å². The molecular weight excluding hydrogens is 254 g/mol. The number of halogens is 2. The van der Waals surface area contributed by atoms with Crippen LogP contribution in [0.4, 0.5) is 19.3 Å². The largest absolute Gasteiger partial charge is 0.444 e. The number of ether oxygens (including phenoxy) is 1. The standard InChI is InChI=1S/C13H16F2N2O2/c1-8-4-5-16-7-12(8)19-13(18)17-11-3-2-9(14)6-10(11)15/h2-3,6,8,12,16H,4-5,7H2,1H3,(H,17,18). The molecule has 2 atom stereocenters. The Bertz CT molecular complexity index is 468. The van der Waals surface area contributed by atoms with Crippen molar-refractivity contribution >= 4 is 11.8 Å². The van der Waals surface area contributed by atoms with Crippen molar-refractivity contribution in [3.63, 3.8) is 0 Å². The Hall–Kier alpha value is -1.69. The Morgan fingerprint density at radius 1 is 1.47 bits per heavy atom. The Kier molecular flexibility index (Phi) is 4.31. The predicted molar refractivity (Wildman–Crippen MR) is 66.9 cm³/mol. The fraction of sp³-hybridized carbons (Fsp3) is 0.462. The Morgan fingerprint density at radius 2 is 2.26 bits per heavy atom. The molecule has 0 saturated carbocycles. The highest BCUT2D eigenvalue weighted by Crippen LogP contribution is 2.18. The van der Waals surface area contributed by atoms with Crippen LogP contribution in [0.3, 0.4) is 0 Å². The summed E-state index contributed by atoms with van der Waals surface area (Å²) >= 11 is 0. The summed E-state index contributed by atoms with van der Waals surface area (Å²) in [6.07, 6.45) is -0.0497. The zero-order valence-electron chi connectivity index (χ0n) is 10.6. The highest BCUT2D eigenvalue weighted by atomic mass is 19.1.